The third-order valence-corrected chi connectivity index (χ3v) is 3.41. The molecular formula is C16H22N4O3. The number of aliphatic hydroxyl groups is 1. The molecule has 1 aromatic carbocycles. The molecule has 0 unspecified atom stereocenters. The second-order valence-corrected chi connectivity index (χ2v) is 5.20. The van der Waals surface area contributed by atoms with Crippen molar-refractivity contribution in [3.05, 3.63) is 47.8 Å². The first kappa shape index (κ1) is 16.8. The minimum absolute atomic E-state index is 0.144. The van der Waals surface area contributed by atoms with Crippen LogP contribution in [0.5, 0.6) is 5.75 Å². The third-order valence-electron chi connectivity index (χ3n) is 3.41. The highest BCUT2D eigenvalue weighted by Crippen LogP contribution is 2.16. The first-order valence-corrected chi connectivity index (χ1v) is 7.39. The van der Waals surface area contributed by atoms with Crippen molar-refractivity contribution >= 4 is 6.03 Å². The summed E-state index contributed by atoms with van der Waals surface area (Å²) in [5.41, 5.74) is 1.78. The highest BCUT2D eigenvalue weighted by atomic mass is 16.5. The Morgan fingerprint density at radius 2 is 2.09 bits per heavy atom. The topological polar surface area (TPSA) is 88.4 Å². The van der Waals surface area contributed by atoms with Crippen LogP contribution in [0.2, 0.25) is 0 Å². The zero-order valence-electron chi connectivity index (χ0n) is 13.3. The van der Waals surface area contributed by atoms with Crippen LogP contribution in [0, 0.1) is 0 Å². The molecule has 2 rings (SSSR count). The van der Waals surface area contributed by atoms with Gasteiger partial charge in [-0.15, -0.1) is 0 Å². The van der Waals surface area contributed by atoms with Crippen LogP contribution >= 0.6 is 0 Å². The van der Waals surface area contributed by atoms with Gasteiger partial charge >= 0.3 is 6.03 Å². The third kappa shape index (κ3) is 5.30. The lowest BCUT2D eigenvalue weighted by atomic mass is 10.1. The maximum Gasteiger partial charge on any atom is 0.314 e. The van der Waals surface area contributed by atoms with E-state index in [-0.39, 0.29) is 12.6 Å². The number of urea groups is 1. The zero-order valence-corrected chi connectivity index (χ0v) is 13.3. The molecule has 1 aromatic heterocycles. The minimum atomic E-state index is -0.759. The SMILES string of the molecule is COc1ccc([C@H](O)CNC(=O)NCCc2cnn(C)c2)cc1. The van der Waals surface area contributed by atoms with E-state index < -0.39 is 6.10 Å². The van der Waals surface area contributed by atoms with Gasteiger partial charge in [-0.05, 0) is 29.7 Å². The van der Waals surface area contributed by atoms with Crippen LogP contribution < -0.4 is 15.4 Å². The summed E-state index contributed by atoms with van der Waals surface area (Å²) in [6, 6.07) is 6.78. The smallest absolute Gasteiger partial charge is 0.314 e. The highest BCUT2D eigenvalue weighted by molar-refractivity contribution is 5.73. The van der Waals surface area contributed by atoms with Gasteiger partial charge in [-0.2, -0.15) is 5.10 Å². The fourth-order valence-corrected chi connectivity index (χ4v) is 2.12. The second kappa shape index (κ2) is 8.19. The summed E-state index contributed by atoms with van der Waals surface area (Å²) in [6.45, 7) is 0.654. The van der Waals surface area contributed by atoms with E-state index in [0.717, 1.165) is 16.9 Å². The Morgan fingerprint density at radius 1 is 1.35 bits per heavy atom. The van der Waals surface area contributed by atoms with Gasteiger partial charge in [0.25, 0.3) is 0 Å². The Kier molecular flexibility index (Phi) is 5.99. The van der Waals surface area contributed by atoms with Gasteiger partial charge in [-0.1, -0.05) is 12.1 Å². The highest BCUT2D eigenvalue weighted by Gasteiger charge is 2.09. The molecule has 2 aromatic rings. The molecule has 0 aliphatic carbocycles. The van der Waals surface area contributed by atoms with Crippen molar-refractivity contribution in [2.75, 3.05) is 20.2 Å². The summed E-state index contributed by atoms with van der Waals surface area (Å²) in [4.78, 5) is 11.7. The molecule has 2 amide bonds. The molecule has 0 bridgehead atoms. The normalized spacial score (nSPS) is 11.8. The quantitative estimate of drug-likeness (QED) is 0.711. The van der Waals surface area contributed by atoms with Crippen molar-refractivity contribution < 1.29 is 14.6 Å². The number of nitrogens with zero attached hydrogens (tertiary/aromatic N) is 2. The van der Waals surface area contributed by atoms with Gasteiger partial charge in [0.05, 0.1) is 19.4 Å². The van der Waals surface area contributed by atoms with Crippen LogP contribution in [0.4, 0.5) is 4.79 Å². The van der Waals surface area contributed by atoms with E-state index in [1.54, 1.807) is 42.3 Å². The molecule has 0 fully saturated rings. The van der Waals surface area contributed by atoms with E-state index in [9.17, 15) is 9.90 Å². The standard InChI is InChI=1S/C16H22N4O3/c1-20-11-12(9-19-20)7-8-17-16(22)18-10-15(21)13-3-5-14(23-2)6-4-13/h3-6,9,11,15,21H,7-8,10H2,1-2H3,(H2,17,18,22)/t15-/m1/s1. The fraction of sp³-hybridized carbons (Fsp3) is 0.375. The molecule has 0 saturated carbocycles. The first-order valence-electron chi connectivity index (χ1n) is 7.39. The van der Waals surface area contributed by atoms with Gasteiger partial charge in [-0.25, -0.2) is 4.79 Å². The average Bonchev–Trinajstić information content (AvgIpc) is 2.98. The number of aromatic nitrogens is 2. The van der Waals surface area contributed by atoms with Gasteiger partial charge in [0, 0.05) is 26.3 Å². The van der Waals surface area contributed by atoms with Crippen LogP contribution in [0.15, 0.2) is 36.7 Å². The number of hydrogen-bond donors (Lipinski definition) is 3. The largest absolute Gasteiger partial charge is 0.497 e. The molecular weight excluding hydrogens is 296 g/mol. The average molecular weight is 318 g/mol. The Labute approximate surface area is 135 Å². The summed E-state index contributed by atoms with van der Waals surface area (Å²) in [5, 5.41) is 19.5. The first-order chi connectivity index (χ1) is 11.1. The molecule has 1 atom stereocenters. The van der Waals surface area contributed by atoms with Crippen LogP contribution in [0.25, 0.3) is 0 Å². The number of rotatable bonds is 7. The van der Waals surface area contributed by atoms with Crippen molar-refractivity contribution in [3.63, 3.8) is 0 Å². The summed E-state index contributed by atoms with van der Waals surface area (Å²) in [6.07, 6.45) is 3.63. The lowest BCUT2D eigenvalue weighted by molar-refractivity contribution is 0.173. The molecule has 0 spiro atoms. The second-order valence-electron chi connectivity index (χ2n) is 5.20. The predicted octanol–water partition coefficient (Wildman–Crippen LogP) is 1.00. The number of aryl methyl sites for hydroxylation is 1. The summed E-state index contributed by atoms with van der Waals surface area (Å²) < 4.78 is 6.78. The van der Waals surface area contributed by atoms with Gasteiger partial charge in [0.1, 0.15) is 5.75 Å². The van der Waals surface area contributed by atoms with Crippen LogP contribution in [0.3, 0.4) is 0 Å². The number of amides is 2. The minimum Gasteiger partial charge on any atom is -0.497 e. The number of ether oxygens (including phenoxy) is 1. The summed E-state index contributed by atoms with van der Waals surface area (Å²) >= 11 is 0. The molecule has 0 aliphatic rings. The van der Waals surface area contributed by atoms with Crippen molar-refractivity contribution in [1.82, 2.24) is 20.4 Å². The van der Waals surface area contributed by atoms with Gasteiger partial charge in [-0.3, -0.25) is 4.68 Å². The number of aliphatic hydroxyl groups excluding tert-OH is 1. The van der Waals surface area contributed by atoms with Gasteiger partial charge in [0.15, 0.2) is 0 Å². The number of carbonyl (C=O) groups excluding carboxylic acids is 1. The summed E-state index contributed by atoms with van der Waals surface area (Å²) in [5.74, 6) is 0.724. The van der Waals surface area contributed by atoms with E-state index in [4.69, 9.17) is 4.74 Å². The Hall–Kier alpha value is -2.54. The van der Waals surface area contributed by atoms with Crippen molar-refractivity contribution in [2.45, 2.75) is 12.5 Å². The molecule has 0 saturated heterocycles. The Balaban J connectivity index is 1.68. The van der Waals surface area contributed by atoms with Gasteiger partial charge < -0.3 is 20.5 Å². The van der Waals surface area contributed by atoms with Crippen LogP contribution in [-0.2, 0) is 13.5 Å². The Morgan fingerprint density at radius 3 is 2.70 bits per heavy atom. The number of methoxy groups -OCH3 is 1. The number of hydrogen-bond acceptors (Lipinski definition) is 4. The number of benzene rings is 1. The van der Waals surface area contributed by atoms with Crippen molar-refractivity contribution in [1.29, 1.82) is 0 Å². The molecule has 0 radical (unpaired) electrons. The lowest BCUT2D eigenvalue weighted by Crippen LogP contribution is -2.38. The predicted molar refractivity (Wildman–Crippen MR) is 86.3 cm³/mol. The lowest BCUT2D eigenvalue weighted by Gasteiger charge is -2.13. The van der Waals surface area contributed by atoms with E-state index >= 15 is 0 Å². The molecule has 7 heteroatoms. The molecule has 124 valence electrons. The van der Waals surface area contributed by atoms with Crippen molar-refractivity contribution in [2.24, 2.45) is 7.05 Å². The maximum atomic E-state index is 11.7. The Bertz CT molecular complexity index is 625. The molecule has 7 nitrogen and oxygen atoms in total. The molecule has 3 N–H and O–H groups in total. The van der Waals surface area contributed by atoms with E-state index in [1.165, 1.54) is 0 Å². The molecule has 1 heterocycles. The molecule has 0 aliphatic heterocycles. The fourth-order valence-electron chi connectivity index (χ4n) is 2.12. The monoisotopic (exact) mass is 318 g/mol. The maximum absolute atomic E-state index is 11.7. The van der Waals surface area contributed by atoms with E-state index in [1.807, 2.05) is 13.2 Å². The summed E-state index contributed by atoms with van der Waals surface area (Å²) in [7, 11) is 3.44. The number of nitrogens with one attached hydrogen (secondary N) is 2. The molecule has 23 heavy (non-hydrogen) atoms. The van der Waals surface area contributed by atoms with Crippen molar-refractivity contribution in [3.8, 4) is 5.75 Å². The number of carbonyl (C=O) groups is 1. The van der Waals surface area contributed by atoms with E-state index in [2.05, 4.69) is 15.7 Å². The van der Waals surface area contributed by atoms with E-state index in [0.29, 0.717) is 13.0 Å². The van der Waals surface area contributed by atoms with Gasteiger partial charge in [0.2, 0.25) is 0 Å². The van der Waals surface area contributed by atoms with Crippen LogP contribution in [0.1, 0.15) is 17.2 Å². The van der Waals surface area contributed by atoms with Crippen LogP contribution in [-0.4, -0.2) is 41.1 Å². The zero-order chi connectivity index (χ0) is 16.7.